The highest BCUT2D eigenvalue weighted by molar-refractivity contribution is 7.92. The number of hydrogen-bond acceptors (Lipinski definition) is 7. The number of amides is 1. The number of sulfonamides is 2. The first-order chi connectivity index (χ1) is 19.7. The quantitative estimate of drug-likeness (QED) is 0.363. The fourth-order valence-electron chi connectivity index (χ4n) is 4.60. The molecule has 0 aromatic heterocycles. The third-order valence-corrected chi connectivity index (χ3v) is 10.7. The summed E-state index contributed by atoms with van der Waals surface area (Å²) in [6.45, 7) is 5.10. The number of nitrogens with one attached hydrogen (secondary N) is 1. The number of aryl methyl sites for hydroxylation is 1. The molecule has 0 bridgehead atoms. The van der Waals surface area contributed by atoms with Gasteiger partial charge in [0.1, 0.15) is 6.10 Å². The van der Waals surface area contributed by atoms with Gasteiger partial charge in [0.05, 0.1) is 40.2 Å². The average molecular weight is 636 g/mol. The van der Waals surface area contributed by atoms with Crippen LogP contribution in [0.1, 0.15) is 29.8 Å². The van der Waals surface area contributed by atoms with Gasteiger partial charge in [-0.05, 0) is 62.4 Å². The van der Waals surface area contributed by atoms with E-state index < -0.39 is 44.0 Å². The SMILES string of the molecule is Cc1ccc(S(=O)(=O)Nc2cccc3c2O[C@@H](CN(C)S(=O)(=O)c2ccc(Cl)cc2)[C@@H](C)CN([C@@H](C)CO)C3=O)cc1. The van der Waals surface area contributed by atoms with Crippen molar-refractivity contribution in [2.75, 3.05) is 31.5 Å². The molecule has 0 saturated heterocycles. The minimum Gasteiger partial charge on any atom is -0.486 e. The highest BCUT2D eigenvalue weighted by atomic mass is 35.5. The minimum atomic E-state index is -4.07. The van der Waals surface area contributed by atoms with Gasteiger partial charge in [0.25, 0.3) is 15.9 Å². The number of hydrogen-bond donors (Lipinski definition) is 2. The topological polar surface area (TPSA) is 133 Å². The number of aliphatic hydroxyl groups excluding tert-OH is 1. The van der Waals surface area contributed by atoms with E-state index in [0.29, 0.717) is 5.02 Å². The van der Waals surface area contributed by atoms with Crippen molar-refractivity contribution >= 4 is 43.2 Å². The number of halogens is 1. The van der Waals surface area contributed by atoms with Gasteiger partial charge in [-0.3, -0.25) is 9.52 Å². The molecule has 1 aliphatic heterocycles. The molecular formula is C29H34ClN3O7S2. The highest BCUT2D eigenvalue weighted by Gasteiger charge is 2.36. The van der Waals surface area contributed by atoms with Gasteiger partial charge in [0.15, 0.2) is 5.75 Å². The van der Waals surface area contributed by atoms with Crippen LogP contribution in [0, 0.1) is 12.8 Å². The maximum absolute atomic E-state index is 13.7. The second-order valence-electron chi connectivity index (χ2n) is 10.5. The van der Waals surface area contributed by atoms with E-state index in [1.165, 1.54) is 66.5 Å². The van der Waals surface area contributed by atoms with E-state index in [9.17, 15) is 26.7 Å². The Morgan fingerprint density at radius 2 is 1.67 bits per heavy atom. The minimum absolute atomic E-state index is 0.0251. The predicted octanol–water partition coefficient (Wildman–Crippen LogP) is 3.99. The molecule has 1 amide bonds. The van der Waals surface area contributed by atoms with Crippen LogP contribution in [0.15, 0.2) is 76.5 Å². The lowest BCUT2D eigenvalue weighted by atomic mass is 9.99. The first kappa shape index (κ1) is 31.8. The molecule has 3 aromatic carbocycles. The van der Waals surface area contributed by atoms with Crippen LogP contribution < -0.4 is 9.46 Å². The standard InChI is InChI=1S/C29H34ClN3O7S2/c1-19-8-12-23(13-9-19)41(36,37)31-26-7-5-6-25-28(26)40-27(20(2)16-33(29(25)35)21(3)18-34)17-32(4)42(38,39)24-14-10-22(30)11-15-24/h5-15,20-21,27,31,34H,16-18H2,1-4H3/t20-,21-,27-/m0/s1. The Hall–Kier alpha value is -3.16. The molecule has 3 aromatic rings. The number of aliphatic hydroxyl groups is 1. The van der Waals surface area contributed by atoms with Crippen molar-refractivity contribution in [2.45, 2.75) is 42.7 Å². The number of carbonyl (C=O) groups excluding carboxylic acids is 1. The van der Waals surface area contributed by atoms with Gasteiger partial charge in [-0.2, -0.15) is 4.31 Å². The van der Waals surface area contributed by atoms with E-state index in [4.69, 9.17) is 16.3 Å². The zero-order valence-corrected chi connectivity index (χ0v) is 26.1. The molecule has 4 rings (SSSR count). The van der Waals surface area contributed by atoms with Crippen molar-refractivity contribution in [1.82, 2.24) is 9.21 Å². The van der Waals surface area contributed by atoms with Crippen LogP contribution in [0.3, 0.4) is 0 Å². The maximum atomic E-state index is 13.7. The zero-order chi connectivity index (χ0) is 30.8. The molecule has 0 spiro atoms. The van der Waals surface area contributed by atoms with Gasteiger partial charge < -0.3 is 14.7 Å². The number of likely N-dealkylation sites (N-methyl/N-ethyl adjacent to an activating group) is 1. The Morgan fingerprint density at radius 1 is 1.05 bits per heavy atom. The number of nitrogens with zero attached hydrogens (tertiary/aromatic N) is 2. The number of ether oxygens (including phenoxy) is 1. The Bertz CT molecular complexity index is 1650. The molecule has 0 saturated carbocycles. The van der Waals surface area contributed by atoms with E-state index in [2.05, 4.69) is 4.72 Å². The normalized spacial score (nSPS) is 18.5. The molecule has 0 aliphatic carbocycles. The van der Waals surface area contributed by atoms with Crippen molar-refractivity contribution in [3.63, 3.8) is 0 Å². The lowest BCUT2D eigenvalue weighted by molar-refractivity contribution is 0.0389. The molecule has 1 heterocycles. The molecule has 0 radical (unpaired) electrons. The second kappa shape index (κ2) is 12.6. The molecule has 1 aliphatic rings. The van der Waals surface area contributed by atoms with Crippen LogP contribution in [0.2, 0.25) is 5.02 Å². The Morgan fingerprint density at radius 3 is 2.29 bits per heavy atom. The molecule has 3 atom stereocenters. The summed E-state index contributed by atoms with van der Waals surface area (Å²) in [4.78, 5) is 15.3. The summed E-state index contributed by atoms with van der Waals surface area (Å²) in [5, 5.41) is 10.3. The number of benzene rings is 3. The summed E-state index contributed by atoms with van der Waals surface area (Å²) in [5.74, 6) is -0.890. The van der Waals surface area contributed by atoms with Gasteiger partial charge in [0.2, 0.25) is 10.0 Å². The third kappa shape index (κ3) is 6.73. The molecule has 10 nitrogen and oxygen atoms in total. The van der Waals surface area contributed by atoms with E-state index in [1.54, 1.807) is 19.1 Å². The number of para-hydroxylation sites is 1. The largest absolute Gasteiger partial charge is 0.486 e. The van der Waals surface area contributed by atoms with E-state index >= 15 is 0 Å². The number of anilines is 1. The molecule has 13 heteroatoms. The Kier molecular flexibility index (Phi) is 9.53. The number of rotatable bonds is 9. The second-order valence-corrected chi connectivity index (χ2v) is 14.6. The molecule has 42 heavy (non-hydrogen) atoms. The third-order valence-electron chi connectivity index (χ3n) is 7.23. The molecule has 226 valence electrons. The lowest BCUT2D eigenvalue weighted by Crippen LogP contribution is -2.50. The zero-order valence-electron chi connectivity index (χ0n) is 23.7. The van der Waals surface area contributed by atoms with Crippen molar-refractivity contribution < 1.29 is 31.5 Å². The maximum Gasteiger partial charge on any atom is 0.262 e. The summed E-state index contributed by atoms with van der Waals surface area (Å²) in [5.41, 5.74) is 1.00. The lowest BCUT2D eigenvalue weighted by Gasteiger charge is -2.38. The van der Waals surface area contributed by atoms with E-state index in [1.807, 2.05) is 13.8 Å². The van der Waals surface area contributed by atoms with Crippen molar-refractivity contribution in [3.05, 3.63) is 82.9 Å². The van der Waals surface area contributed by atoms with Crippen LogP contribution >= 0.6 is 11.6 Å². The fourth-order valence-corrected chi connectivity index (χ4v) is 6.97. The highest BCUT2D eigenvalue weighted by Crippen LogP contribution is 2.36. The van der Waals surface area contributed by atoms with Crippen molar-refractivity contribution in [3.8, 4) is 5.75 Å². The van der Waals surface area contributed by atoms with Gasteiger partial charge >= 0.3 is 0 Å². The molecule has 0 fully saturated rings. The summed E-state index contributed by atoms with van der Waals surface area (Å²) >= 11 is 5.94. The van der Waals surface area contributed by atoms with Crippen LogP contribution in [0.25, 0.3) is 0 Å². The summed E-state index contributed by atoms with van der Waals surface area (Å²) < 4.78 is 63.4. The van der Waals surface area contributed by atoms with E-state index in [0.717, 1.165) is 9.87 Å². The van der Waals surface area contributed by atoms with Crippen LogP contribution in [-0.2, 0) is 20.0 Å². The van der Waals surface area contributed by atoms with Gasteiger partial charge in [0, 0.05) is 24.5 Å². The van der Waals surface area contributed by atoms with E-state index in [-0.39, 0.29) is 46.5 Å². The van der Waals surface area contributed by atoms with Gasteiger partial charge in [-0.1, -0.05) is 42.3 Å². The average Bonchev–Trinajstić information content (AvgIpc) is 2.95. The van der Waals surface area contributed by atoms with Crippen molar-refractivity contribution in [1.29, 1.82) is 0 Å². The first-order valence-electron chi connectivity index (χ1n) is 13.3. The van der Waals surface area contributed by atoms with Crippen LogP contribution in [-0.4, -0.2) is 75.9 Å². The van der Waals surface area contributed by atoms with Gasteiger partial charge in [-0.25, -0.2) is 16.8 Å². The molecule has 2 N–H and O–H groups in total. The summed E-state index contributed by atoms with van der Waals surface area (Å²) in [7, 11) is -6.58. The molecule has 0 unspecified atom stereocenters. The van der Waals surface area contributed by atoms with Crippen molar-refractivity contribution in [2.24, 2.45) is 5.92 Å². The summed E-state index contributed by atoms with van der Waals surface area (Å²) in [6.07, 6.45) is -0.803. The number of fused-ring (bicyclic) bond motifs is 1. The fraction of sp³-hybridized carbons (Fsp3) is 0.345. The summed E-state index contributed by atoms with van der Waals surface area (Å²) in [6, 6.07) is 16.1. The van der Waals surface area contributed by atoms with Crippen LogP contribution in [0.4, 0.5) is 5.69 Å². The predicted molar refractivity (Wildman–Crippen MR) is 161 cm³/mol. The smallest absolute Gasteiger partial charge is 0.262 e. The number of carbonyl (C=O) groups is 1. The molecular weight excluding hydrogens is 602 g/mol. The Balaban J connectivity index is 1.76. The first-order valence-corrected chi connectivity index (χ1v) is 16.6. The Labute approximate surface area is 252 Å². The monoisotopic (exact) mass is 635 g/mol. The van der Waals surface area contributed by atoms with Crippen LogP contribution in [0.5, 0.6) is 5.75 Å². The van der Waals surface area contributed by atoms with Gasteiger partial charge in [-0.15, -0.1) is 0 Å².